The van der Waals surface area contributed by atoms with E-state index in [-0.39, 0.29) is 5.97 Å². The van der Waals surface area contributed by atoms with Gasteiger partial charge in [-0.05, 0) is 55.7 Å². The van der Waals surface area contributed by atoms with Crippen molar-refractivity contribution in [3.8, 4) is 0 Å². The molecule has 2 bridgehead atoms. The fourth-order valence-electron chi connectivity index (χ4n) is 3.67. The van der Waals surface area contributed by atoms with Crippen molar-refractivity contribution in [2.45, 2.75) is 25.8 Å². The number of carbonyl (C=O) groups excluding carboxylic acids is 1. The number of halogens is 1. The highest BCUT2D eigenvalue weighted by molar-refractivity contribution is 6.31. The minimum atomic E-state index is -0.339. The third kappa shape index (κ3) is 2.80. The number of esters is 1. The number of hydrogen-bond donors (Lipinski definition) is 1. The lowest BCUT2D eigenvalue weighted by atomic mass is 9.87. The molecule has 2 aliphatic rings. The van der Waals surface area contributed by atoms with Crippen LogP contribution in [0.1, 0.15) is 30.1 Å². The Bertz CT molecular complexity index is 584. The number of anilines is 1. The summed E-state index contributed by atoms with van der Waals surface area (Å²) < 4.78 is 4.84. The van der Waals surface area contributed by atoms with E-state index in [4.69, 9.17) is 16.3 Å². The fourth-order valence-corrected chi connectivity index (χ4v) is 3.85. The normalized spacial score (nSPS) is 27.7. The van der Waals surface area contributed by atoms with Gasteiger partial charge in [0.2, 0.25) is 0 Å². The van der Waals surface area contributed by atoms with Crippen molar-refractivity contribution < 1.29 is 9.53 Å². The maximum Gasteiger partial charge on any atom is 0.339 e. The summed E-state index contributed by atoms with van der Waals surface area (Å²) in [6.07, 6.45) is 7.18. The molecule has 0 heterocycles. The van der Waals surface area contributed by atoms with E-state index in [9.17, 15) is 4.79 Å². The van der Waals surface area contributed by atoms with Crippen molar-refractivity contribution in [2.24, 2.45) is 17.8 Å². The number of carbonyl (C=O) groups is 1. The van der Waals surface area contributed by atoms with Gasteiger partial charge in [0.25, 0.3) is 0 Å². The van der Waals surface area contributed by atoms with Crippen LogP contribution in [0.3, 0.4) is 0 Å². The Hall–Kier alpha value is -1.48. The van der Waals surface area contributed by atoms with Crippen LogP contribution in [-0.2, 0) is 4.74 Å². The predicted octanol–water partition coefficient (Wildman–Crippen LogP) is 4.14. The summed E-state index contributed by atoms with van der Waals surface area (Å²) in [5.74, 6) is 1.68. The molecule has 1 aromatic rings. The van der Waals surface area contributed by atoms with Gasteiger partial charge >= 0.3 is 5.97 Å². The van der Waals surface area contributed by atoms with E-state index in [2.05, 4.69) is 24.4 Å². The zero-order chi connectivity index (χ0) is 15.0. The molecular weight excluding hydrogens is 286 g/mol. The smallest absolute Gasteiger partial charge is 0.339 e. The topological polar surface area (TPSA) is 38.3 Å². The maximum atomic E-state index is 11.9. The zero-order valence-electron chi connectivity index (χ0n) is 12.3. The molecule has 0 aromatic heterocycles. The number of methoxy groups -OCH3 is 1. The standard InChI is InChI=1S/C17H20ClNO2/c1-10(15-8-11-3-4-12(15)7-11)19-16-9-13(18)5-6-14(16)17(20)21-2/h3-6,9-12,15,19H,7-8H2,1-2H3. The van der Waals surface area contributed by atoms with Crippen LogP contribution >= 0.6 is 11.6 Å². The highest BCUT2D eigenvalue weighted by Gasteiger charge is 2.38. The first-order chi connectivity index (χ1) is 10.1. The summed E-state index contributed by atoms with van der Waals surface area (Å²) >= 11 is 6.07. The van der Waals surface area contributed by atoms with E-state index < -0.39 is 0 Å². The van der Waals surface area contributed by atoms with Gasteiger partial charge in [-0.3, -0.25) is 0 Å². The number of rotatable bonds is 4. The minimum absolute atomic E-state index is 0.298. The summed E-state index contributed by atoms with van der Waals surface area (Å²) in [6.45, 7) is 2.18. The average molecular weight is 306 g/mol. The van der Waals surface area contributed by atoms with Gasteiger partial charge in [-0.25, -0.2) is 4.79 Å². The predicted molar refractivity (Wildman–Crippen MR) is 84.7 cm³/mol. The van der Waals surface area contributed by atoms with Gasteiger partial charge < -0.3 is 10.1 Å². The molecule has 0 amide bonds. The van der Waals surface area contributed by atoms with Crippen LogP contribution in [0.4, 0.5) is 5.69 Å². The number of allylic oxidation sites excluding steroid dienone is 2. The molecule has 1 fully saturated rings. The van der Waals surface area contributed by atoms with Gasteiger partial charge in [0.1, 0.15) is 0 Å². The molecule has 0 saturated heterocycles. The fraction of sp³-hybridized carbons (Fsp3) is 0.471. The molecule has 4 atom stereocenters. The molecule has 1 N–H and O–H groups in total. The summed E-state index contributed by atoms with van der Waals surface area (Å²) in [7, 11) is 1.39. The van der Waals surface area contributed by atoms with E-state index >= 15 is 0 Å². The van der Waals surface area contributed by atoms with Crippen molar-refractivity contribution in [3.05, 3.63) is 40.9 Å². The first kappa shape index (κ1) is 14.5. The molecule has 112 valence electrons. The zero-order valence-corrected chi connectivity index (χ0v) is 13.1. The lowest BCUT2D eigenvalue weighted by Crippen LogP contribution is -2.29. The van der Waals surface area contributed by atoms with Crippen LogP contribution in [0.5, 0.6) is 0 Å². The number of nitrogens with one attached hydrogen (secondary N) is 1. The van der Waals surface area contributed by atoms with Crippen LogP contribution in [0.2, 0.25) is 5.02 Å². The third-order valence-electron chi connectivity index (χ3n) is 4.74. The van der Waals surface area contributed by atoms with Gasteiger partial charge in [0.15, 0.2) is 0 Å². The Morgan fingerprint density at radius 2 is 2.19 bits per heavy atom. The highest BCUT2D eigenvalue weighted by atomic mass is 35.5. The molecular formula is C17H20ClNO2. The number of benzene rings is 1. The lowest BCUT2D eigenvalue weighted by molar-refractivity contribution is 0.0602. The highest BCUT2D eigenvalue weighted by Crippen LogP contribution is 2.45. The van der Waals surface area contributed by atoms with E-state index in [1.54, 1.807) is 18.2 Å². The number of hydrogen-bond acceptors (Lipinski definition) is 3. The number of ether oxygens (including phenoxy) is 1. The monoisotopic (exact) mass is 305 g/mol. The summed E-state index contributed by atoms with van der Waals surface area (Å²) in [6, 6.07) is 5.52. The van der Waals surface area contributed by atoms with Crippen LogP contribution in [0.25, 0.3) is 0 Å². The Balaban J connectivity index is 1.79. The minimum Gasteiger partial charge on any atom is -0.465 e. The number of fused-ring (bicyclic) bond motifs is 2. The molecule has 3 nitrogen and oxygen atoms in total. The van der Waals surface area contributed by atoms with Crippen molar-refractivity contribution in [2.75, 3.05) is 12.4 Å². The summed E-state index contributed by atoms with van der Waals surface area (Å²) in [4.78, 5) is 11.9. The average Bonchev–Trinajstić information content (AvgIpc) is 3.09. The van der Waals surface area contributed by atoms with Gasteiger partial charge in [-0.1, -0.05) is 23.8 Å². The van der Waals surface area contributed by atoms with Crippen molar-refractivity contribution in [1.82, 2.24) is 0 Å². The Morgan fingerprint density at radius 1 is 1.38 bits per heavy atom. The molecule has 1 saturated carbocycles. The molecule has 21 heavy (non-hydrogen) atoms. The van der Waals surface area contributed by atoms with Crippen LogP contribution in [0.15, 0.2) is 30.4 Å². The summed E-state index contributed by atoms with van der Waals surface area (Å²) in [5.41, 5.74) is 1.29. The molecule has 2 aliphatic carbocycles. The Kier molecular flexibility index (Phi) is 3.94. The second kappa shape index (κ2) is 5.72. The molecule has 0 spiro atoms. The Labute approximate surface area is 130 Å². The van der Waals surface area contributed by atoms with Crippen LogP contribution < -0.4 is 5.32 Å². The molecule has 0 aliphatic heterocycles. The van der Waals surface area contributed by atoms with Gasteiger partial charge in [-0.15, -0.1) is 0 Å². The second-order valence-electron chi connectivity index (χ2n) is 6.06. The van der Waals surface area contributed by atoms with Gasteiger partial charge in [0.05, 0.1) is 18.4 Å². The Morgan fingerprint density at radius 3 is 2.81 bits per heavy atom. The van der Waals surface area contributed by atoms with Crippen LogP contribution in [0, 0.1) is 17.8 Å². The SMILES string of the molecule is COC(=O)c1ccc(Cl)cc1NC(C)C1CC2C=CC1C2. The second-order valence-corrected chi connectivity index (χ2v) is 6.50. The van der Waals surface area contributed by atoms with Gasteiger partial charge in [0, 0.05) is 11.1 Å². The van der Waals surface area contributed by atoms with Crippen LogP contribution in [-0.4, -0.2) is 19.1 Å². The van der Waals surface area contributed by atoms with E-state index in [0.29, 0.717) is 28.5 Å². The summed E-state index contributed by atoms with van der Waals surface area (Å²) in [5, 5.41) is 4.09. The molecule has 1 aromatic carbocycles. The first-order valence-electron chi connectivity index (χ1n) is 7.41. The molecule has 3 rings (SSSR count). The largest absolute Gasteiger partial charge is 0.465 e. The molecule has 4 heteroatoms. The first-order valence-corrected chi connectivity index (χ1v) is 7.79. The third-order valence-corrected chi connectivity index (χ3v) is 4.98. The lowest BCUT2D eigenvalue weighted by Gasteiger charge is -2.27. The van der Waals surface area contributed by atoms with Crippen molar-refractivity contribution in [1.29, 1.82) is 0 Å². The van der Waals surface area contributed by atoms with Crippen molar-refractivity contribution in [3.63, 3.8) is 0 Å². The molecule has 4 unspecified atom stereocenters. The maximum absolute atomic E-state index is 11.9. The van der Waals surface area contributed by atoms with Crippen molar-refractivity contribution >= 4 is 23.3 Å². The van der Waals surface area contributed by atoms with Gasteiger partial charge in [-0.2, -0.15) is 0 Å². The van der Waals surface area contributed by atoms with E-state index in [0.717, 1.165) is 11.6 Å². The van der Waals surface area contributed by atoms with E-state index in [1.165, 1.54) is 20.0 Å². The molecule has 0 radical (unpaired) electrons. The quantitative estimate of drug-likeness (QED) is 0.671. The van der Waals surface area contributed by atoms with E-state index in [1.807, 2.05) is 0 Å².